The van der Waals surface area contributed by atoms with Gasteiger partial charge in [0.15, 0.2) is 0 Å². The molecule has 0 heterocycles. The summed E-state index contributed by atoms with van der Waals surface area (Å²) in [7, 11) is 0. The highest BCUT2D eigenvalue weighted by molar-refractivity contribution is 5.11. The van der Waals surface area contributed by atoms with Gasteiger partial charge in [0.05, 0.1) is 12.7 Å². The second-order valence-corrected chi connectivity index (χ2v) is 6.37. The minimum absolute atomic E-state index is 0.396. The molecule has 15 heavy (non-hydrogen) atoms. The van der Waals surface area contributed by atoms with Gasteiger partial charge in [-0.2, -0.15) is 0 Å². The van der Waals surface area contributed by atoms with E-state index in [1.54, 1.807) is 0 Å². The Hall–Kier alpha value is -0.300. The molecule has 0 radical (unpaired) electrons. The topological polar surface area (TPSA) is 9.23 Å². The quantitative estimate of drug-likeness (QED) is 0.641. The van der Waals surface area contributed by atoms with Crippen LogP contribution in [0.4, 0.5) is 0 Å². The Balaban J connectivity index is 2.09. The molecule has 0 amide bonds. The van der Waals surface area contributed by atoms with E-state index in [-0.39, 0.29) is 0 Å². The average Bonchev–Trinajstić information content (AvgIpc) is 2.46. The summed E-state index contributed by atoms with van der Waals surface area (Å²) in [5.74, 6) is 0.873. The Labute approximate surface area is 93.9 Å². The van der Waals surface area contributed by atoms with Crippen molar-refractivity contribution in [2.75, 3.05) is 6.61 Å². The molecule has 2 aliphatic carbocycles. The highest BCUT2D eigenvalue weighted by Gasteiger charge is 2.61. The normalized spacial score (nSPS) is 42.1. The van der Waals surface area contributed by atoms with Crippen molar-refractivity contribution in [1.82, 2.24) is 0 Å². The molecule has 0 N–H and O–H groups in total. The van der Waals surface area contributed by atoms with Crippen molar-refractivity contribution in [3.8, 4) is 0 Å². The number of hydrogen-bond donors (Lipinski definition) is 0. The summed E-state index contributed by atoms with van der Waals surface area (Å²) in [6.45, 7) is 14.0. The van der Waals surface area contributed by atoms with Gasteiger partial charge in [0.2, 0.25) is 0 Å². The largest absolute Gasteiger partial charge is 0.373 e. The third-order valence-corrected chi connectivity index (χ3v) is 5.24. The summed E-state index contributed by atoms with van der Waals surface area (Å²) in [5, 5.41) is 0. The molecule has 0 aromatic heterocycles. The van der Waals surface area contributed by atoms with E-state index in [1.165, 1.54) is 19.3 Å². The van der Waals surface area contributed by atoms with Gasteiger partial charge in [-0.05, 0) is 42.9 Å². The van der Waals surface area contributed by atoms with Crippen molar-refractivity contribution in [2.45, 2.75) is 53.1 Å². The molecule has 3 atom stereocenters. The van der Waals surface area contributed by atoms with Gasteiger partial charge in [0, 0.05) is 0 Å². The summed E-state index contributed by atoms with van der Waals surface area (Å²) in [5.41, 5.74) is 2.00. The fraction of sp³-hybridized carbons (Fsp3) is 0.857. The SMILES string of the molecule is C=C(C)CO[C@@H]1CC2CCC1(C)C2(C)C. The van der Waals surface area contributed by atoms with Crippen LogP contribution in [0.25, 0.3) is 0 Å². The highest BCUT2D eigenvalue weighted by Crippen LogP contribution is 2.66. The monoisotopic (exact) mass is 208 g/mol. The second kappa shape index (κ2) is 3.35. The van der Waals surface area contributed by atoms with Crippen LogP contribution in [0.3, 0.4) is 0 Å². The maximum atomic E-state index is 6.04. The van der Waals surface area contributed by atoms with Crippen LogP contribution in [-0.4, -0.2) is 12.7 Å². The lowest BCUT2D eigenvalue weighted by atomic mass is 9.70. The fourth-order valence-electron chi connectivity index (χ4n) is 3.63. The van der Waals surface area contributed by atoms with Gasteiger partial charge in [-0.3, -0.25) is 0 Å². The van der Waals surface area contributed by atoms with Crippen molar-refractivity contribution in [1.29, 1.82) is 0 Å². The van der Waals surface area contributed by atoms with Crippen LogP contribution in [0.15, 0.2) is 12.2 Å². The molecule has 2 fully saturated rings. The zero-order valence-electron chi connectivity index (χ0n) is 10.6. The van der Waals surface area contributed by atoms with E-state index >= 15 is 0 Å². The second-order valence-electron chi connectivity index (χ2n) is 6.37. The van der Waals surface area contributed by atoms with Gasteiger partial charge in [-0.25, -0.2) is 0 Å². The molecule has 2 aliphatic rings. The van der Waals surface area contributed by atoms with Crippen molar-refractivity contribution in [2.24, 2.45) is 16.7 Å². The Bertz CT molecular complexity index is 279. The Morgan fingerprint density at radius 1 is 1.40 bits per heavy atom. The zero-order chi connectivity index (χ0) is 11.3. The lowest BCUT2D eigenvalue weighted by molar-refractivity contribution is -0.0374. The lowest BCUT2D eigenvalue weighted by Gasteiger charge is -2.38. The molecule has 1 heteroatoms. The molecule has 0 aromatic rings. The fourth-order valence-corrected chi connectivity index (χ4v) is 3.63. The third kappa shape index (κ3) is 1.47. The van der Waals surface area contributed by atoms with Crippen LogP contribution >= 0.6 is 0 Å². The first-order valence-corrected chi connectivity index (χ1v) is 6.14. The molecular formula is C14H24O. The molecular weight excluding hydrogens is 184 g/mol. The molecule has 0 aromatic carbocycles. The van der Waals surface area contributed by atoms with Crippen LogP contribution in [0.5, 0.6) is 0 Å². The molecule has 1 nitrogen and oxygen atoms in total. The number of rotatable bonds is 3. The van der Waals surface area contributed by atoms with Gasteiger partial charge in [0.1, 0.15) is 0 Å². The van der Waals surface area contributed by atoms with Crippen LogP contribution in [-0.2, 0) is 4.74 Å². The van der Waals surface area contributed by atoms with E-state index in [1.807, 2.05) is 6.92 Å². The molecule has 0 spiro atoms. The predicted molar refractivity (Wildman–Crippen MR) is 63.8 cm³/mol. The van der Waals surface area contributed by atoms with E-state index < -0.39 is 0 Å². The smallest absolute Gasteiger partial charge is 0.0675 e. The molecule has 2 saturated carbocycles. The van der Waals surface area contributed by atoms with Crippen molar-refractivity contribution in [3.05, 3.63) is 12.2 Å². The maximum absolute atomic E-state index is 6.04. The zero-order valence-corrected chi connectivity index (χ0v) is 10.6. The van der Waals surface area contributed by atoms with Gasteiger partial charge in [-0.1, -0.05) is 32.9 Å². The van der Waals surface area contributed by atoms with Crippen LogP contribution < -0.4 is 0 Å². The Morgan fingerprint density at radius 3 is 2.47 bits per heavy atom. The predicted octanol–water partition coefficient (Wildman–Crippen LogP) is 3.79. The number of fused-ring (bicyclic) bond motifs is 2. The van der Waals surface area contributed by atoms with Gasteiger partial charge < -0.3 is 4.74 Å². The number of hydrogen-bond acceptors (Lipinski definition) is 1. The first-order chi connectivity index (χ1) is 6.88. The highest BCUT2D eigenvalue weighted by atomic mass is 16.5. The van der Waals surface area contributed by atoms with E-state index in [9.17, 15) is 0 Å². The summed E-state index contributed by atoms with van der Waals surface area (Å²) in [4.78, 5) is 0. The van der Waals surface area contributed by atoms with Crippen LogP contribution in [0, 0.1) is 16.7 Å². The van der Waals surface area contributed by atoms with Crippen LogP contribution in [0.2, 0.25) is 0 Å². The lowest BCUT2D eigenvalue weighted by Crippen LogP contribution is -2.37. The van der Waals surface area contributed by atoms with Crippen molar-refractivity contribution in [3.63, 3.8) is 0 Å². The molecule has 2 rings (SSSR count). The number of ether oxygens (including phenoxy) is 1. The summed E-state index contributed by atoms with van der Waals surface area (Å²) >= 11 is 0. The first-order valence-electron chi connectivity index (χ1n) is 6.14. The van der Waals surface area contributed by atoms with Crippen LogP contribution in [0.1, 0.15) is 47.0 Å². The molecule has 86 valence electrons. The average molecular weight is 208 g/mol. The van der Waals surface area contributed by atoms with E-state index in [2.05, 4.69) is 27.4 Å². The van der Waals surface area contributed by atoms with Crippen molar-refractivity contribution < 1.29 is 4.74 Å². The molecule has 0 aliphatic heterocycles. The van der Waals surface area contributed by atoms with E-state index in [0.717, 1.165) is 18.1 Å². The van der Waals surface area contributed by atoms with Gasteiger partial charge in [0.25, 0.3) is 0 Å². The summed E-state index contributed by atoms with van der Waals surface area (Å²) in [6, 6.07) is 0. The summed E-state index contributed by atoms with van der Waals surface area (Å²) in [6.07, 6.45) is 4.46. The van der Waals surface area contributed by atoms with Crippen molar-refractivity contribution >= 4 is 0 Å². The maximum Gasteiger partial charge on any atom is 0.0675 e. The summed E-state index contributed by atoms with van der Waals surface area (Å²) < 4.78 is 6.04. The molecule has 2 unspecified atom stereocenters. The Morgan fingerprint density at radius 2 is 2.07 bits per heavy atom. The molecule has 2 bridgehead atoms. The Kier molecular flexibility index (Phi) is 2.50. The van der Waals surface area contributed by atoms with E-state index in [0.29, 0.717) is 16.9 Å². The standard InChI is InChI=1S/C14H24O/c1-10(2)9-15-12-8-11-6-7-14(12,5)13(11,3)4/h11-12H,1,6-9H2,2-5H3/t11?,12-,14?/m1/s1. The minimum atomic E-state index is 0.396. The first kappa shape index (κ1) is 11.2. The van der Waals surface area contributed by atoms with E-state index in [4.69, 9.17) is 4.74 Å². The van der Waals surface area contributed by atoms with Gasteiger partial charge in [-0.15, -0.1) is 0 Å². The molecule has 0 saturated heterocycles. The van der Waals surface area contributed by atoms with Gasteiger partial charge >= 0.3 is 0 Å². The minimum Gasteiger partial charge on any atom is -0.373 e. The third-order valence-electron chi connectivity index (χ3n) is 5.24.